The Kier molecular flexibility index (Phi) is 2.37. The Bertz CT molecular complexity index is 225. The Morgan fingerprint density at radius 3 is 2.58 bits per heavy atom. The van der Waals surface area contributed by atoms with Gasteiger partial charge in [0.15, 0.2) is 0 Å². The van der Waals surface area contributed by atoms with Crippen molar-refractivity contribution >= 4 is 29.6 Å². The number of hydrogen-bond donors (Lipinski definition) is 0. The smallest absolute Gasteiger partial charge is 0.150 e. The molecule has 0 spiro atoms. The van der Waals surface area contributed by atoms with Crippen LogP contribution < -0.4 is 0 Å². The molecule has 0 saturated heterocycles. The predicted octanol–water partition coefficient (Wildman–Crippen LogP) is 3.06. The van der Waals surface area contributed by atoms with Gasteiger partial charge in [0.05, 0.1) is 0 Å². The first-order chi connectivity index (χ1) is 5.74. The average Bonchev–Trinajstić information content (AvgIpc) is 2.59. The van der Waals surface area contributed by atoms with E-state index < -0.39 is 7.42 Å². The summed E-state index contributed by atoms with van der Waals surface area (Å²) in [6, 6.07) is 0. The van der Waals surface area contributed by atoms with Crippen LogP contribution in [0.1, 0.15) is 6.42 Å². The van der Waals surface area contributed by atoms with Gasteiger partial charge < -0.3 is 0 Å². The lowest BCUT2D eigenvalue weighted by atomic mass is 9.94. The van der Waals surface area contributed by atoms with Gasteiger partial charge in [0.1, 0.15) is 0 Å². The molecule has 2 aliphatic carbocycles. The van der Waals surface area contributed by atoms with E-state index in [0.717, 1.165) is 0 Å². The zero-order valence-corrected chi connectivity index (χ0v) is 9.46. The van der Waals surface area contributed by atoms with Gasteiger partial charge in [0, 0.05) is 0 Å². The van der Waals surface area contributed by atoms with E-state index in [-0.39, 0.29) is 0 Å². The minimum Gasteiger partial charge on any atom is -0.150 e. The highest BCUT2D eigenvalue weighted by molar-refractivity contribution is 7.34. The molecule has 0 heterocycles. The van der Waals surface area contributed by atoms with E-state index in [2.05, 4.69) is 24.8 Å². The molecule has 3 heteroatoms. The van der Waals surface area contributed by atoms with E-state index in [1.165, 1.54) is 6.42 Å². The minimum atomic E-state index is -1.49. The molecule has 0 aromatic carbocycles. The number of halogens is 2. The van der Waals surface area contributed by atoms with Crippen molar-refractivity contribution in [3.8, 4) is 0 Å². The van der Waals surface area contributed by atoms with Gasteiger partial charge in [-0.1, -0.05) is 18.2 Å². The van der Waals surface area contributed by atoms with Gasteiger partial charge in [-0.05, 0) is 29.7 Å². The molecule has 0 radical (unpaired) electrons. The van der Waals surface area contributed by atoms with Crippen LogP contribution in [-0.4, -0.2) is 7.42 Å². The van der Waals surface area contributed by atoms with Crippen LogP contribution in [0.3, 0.4) is 0 Å². The Labute approximate surface area is 84.3 Å². The Morgan fingerprint density at radius 1 is 1.42 bits per heavy atom. The van der Waals surface area contributed by atoms with Crippen LogP contribution in [-0.2, 0) is 0 Å². The second-order valence-corrected chi connectivity index (χ2v) is 8.60. The van der Waals surface area contributed by atoms with Gasteiger partial charge in [-0.15, -0.1) is 28.7 Å². The van der Waals surface area contributed by atoms with E-state index >= 15 is 0 Å². The summed E-state index contributed by atoms with van der Waals surface area (Å²) in [5.74, 6) is 1.90. The maximum Gasteiger partial charge on any atom is 0.241 e. The van der Waals surface area contributed by atoms with Crippen molar-refractivity contribution in [2.24, 2.45) is 17.8 Å². The molecule has 12 heavy (non-hydrogen) atoms. The Hall–Kier alpha value is 0.277. The molecule has 66 valence electrons. The maximum atomic E-state index is 6.07. The lowest BCUT2D eigenvalue weighted by Crippen LogP contribution is -2.14. The third-order valence-corrected chi connectivity index (χ3v) is 6.42. The van der Waals surface area contributed by atoms with Crippen LogP contribution in [0.4, 0.5) is 0 Å². The normalized spacial score (nSPS) is 44.2. The zero-order valence-electron chi connectivity index (χ0n) is 6.79. The second-order valence-electron chi connectivity index (χ2n) is 3.67. The van der Waals surface area contributed by atoms with Crippen molar-refractivity contribution < 1.29 is 0 Å². The van der Waals surface area contributed by atoms with Crippen molar-refractivity contribution in [1.29, 1.82) is 0 Å². The summed E-state index contributed by atoms with van der Waals surface area (Å²) in [6.45, 7) is 3.85. The highest BCUT2D eigenvalue weighted by Gasteiger charge is 2.46. The van der Waals surface area contributed by atoms with Crippen LogP contribution in [0, 0.1) is 17.8 Å². The molecule has 2 aliphatic rings. The van der Waals surface area contributed by atoms with Gasteiger partial charge in [0.2, 0.25) is 7.42 Å². The molecule has 1 saturated carbocycles. The Balaban J connectivity index is 2.18. The van der Waals surface area contributed by atoms with Gasteiger partial charge in [-0.25, -0.2) is 0 Å². The van der Waals surface area contributed by atoms with Crippen molar-refractivity contribution in [3.05, 3.63) is 24.8 Å². The quantitative estimate of drug-likeness (QED) is 0.380. The minimum absolute atomic E-state index is 0.580. The highest BCUT2D eigenvalue weighted by Crippen LogP contribution is 2.54. The van der Waals surface area contributed by atoms with Crippen LogP contribution in [0.25, 0.3) is 0 Å². The van der Waals surface area contributed by atoms with E-state index in [1.54, 1.807) is 0 Å². The molecule has 0 aromatic heterocycles. The second kappa shape index (κ2) is 3.21. The summed E-state index contributed by atoms with van der Waals surface area (Å²) in [7, 11) is -1.49. The standard InChI is InChI=1S/C9H12Cl2Si/c1-2-6-5-7-3-4-8(6)9(7)12(10)11/h2-4,6-9,12H,1,5H2. The van der Waals surface area contributed by atoms with Crippen molar-refractivity contribution in [1.82, 2.24) is 0 Å². The molecule has 0 aliphatic heterocycles. The fourth-order valence-electron chi connectivity index (χ4n) is 2.56. The fourth-order valence-corrected chi connectivity index (χ4v) is 6.09. The van der Waals surface area contributed by atoms with Crippen LogP contribution >= 0.6 is 22.2 Å². The molecule has 0 N–H and O–H groups in total. The highest BCUT2D eigenvalue weighted by atomic mass is 35.7. The van der Waals surface area contributed by atoms with Crippen LogP contribution in [0.2, 0.25) is 5.54 Å². The Morgan fingerprint density at radius 2 is 2.17 bits per heavy atom. The van der Waals surface area contributed by atoms with Gasteiger partial charge >= 0.3 is 0 Å². The molecule has 0 nitrogen and oxygen atoms in total. The van der Waals surface area contributed by atoms with Gasteiger partial charge in [0.25, 0.3) is 0 Å². The van der Waals surface area contributed by atoms with Gasteiger partial charge in [-0.3, -0.25) is 0 Å². The predicted molar refractivity (Wildman–Crippen MR) is 57.0 cm³/mol. The largest absolute Gasteiger partial charge is 0.241 e. The third-order valence-electron chi connectivity index (χ3n) is 3.15. The summed E-state index contributed by atoms with van der Waals surface area (Å²) in [5, 5.41) is 0. The molecule has 0 amide bonds. The lowest BCUT2D eigenvalue weighted by molar-refractivity contribution is 0.551. The van der Waals surface area contributed by atoms with Crippen LogP contribution in [0.15, 0.2) is 24.8 Å². The van der Waals surface area contributed by atoms with E-state index in [1.807, 2.05) is 0 Å². The first-order valence-corrected chi connectivity index (χ1v) is 8.49. The number of rotatable bonds is 2. The van der Waals surface area contributed by atoms with Crippen molar-refractivity contribution in [2.45, 2.75) is 12.0 Å². The lowest BCUT2D eigenvalue weighted by Gasteiger charge is -2.16. The first-order valence-electron chi connectivity index (χ1n) is 4.33. The average molecular weight is 219 g/mol. The van der Waals surface area contributed by atoms with E-state index in [0.29, 0.717) is 23.3 Å². The molecule has 2 rings (SSSR count). The molecule has 1 fully saturated rings. The molecule has 0 aromatic rings. The number of allylic oxidation sites excluding steroid dienone is 3. The summed E-state index contributed by atoms with van der Waals surface area (Å²) < 4.78 is 0. The number of hydrogen-bond acceptors (Lipinski definition) is 0. The molecule has 2 bridgehead atoms. The summed E-state index contributed by atoms with van der Waals surface area (Å²) in [6.07, 6.45) is 7.86. The zero-order chi connectivity index (χ0) is 8.72. The molecule has 4 atom stereocenters. The monoisotopic (exact) mass is 218 g/mol. The summed E-state index contributed by atoms with van der Waals surface area (Å²) in [5.41, 5.74) is 0.580. The SMILES string of the molecule is C=CC1CC2C=CC1C2[SiH](Cl)Cl. The maximum absolute atomic E-state index is 6.07. The van der Waals surface area contributed by atoms with Gasteiger partial charge in [-0.2, -0.15) is 0 Å². The third kappa shape index (κ3) is 1.19. The topological polar surface area (TPSA) is 0 Å². The number of fused-ring (bicyclic) bond motifs is 2. The first kappa shape index (κ1) is 8.86. The summed E-state index contributed by atoms with van der Waals surface area (Å²) in [4.78, 5) is 0. The molecular weight excluding hydrogens is 207 g/mol. The molecule has 4 unspecified atom stereocenters. The fraction of sp³-hybridized carbons (Fsp3) is 0.556. The van der Waals surface area contributed by atoms with Crippen LogP contribution in [0.5, 0.6) is 0 Å². The van der Waals surface area contributed by atoms with Crippen molar-refractivity contribution in [2.75, 3.05) is 0 Å². The van der Waals surface area contributed by atoms with Crippen molar-refractivity contribution in [3.63, 3.8) is 0 Å². The van der Waals surface area contributed by atoms with E-state index in [9.17, 15) is 0 Å². The van der Waals surface area contributed by atoms with E-state index in [4.69, 9.17) is 22.2 Å². The summed E-state index contributed by atoms with van der Waals surface area (Å²) >= 11 is 12.1. The molecular formula is C9H12Cl2Si.